The van der Waals surface area contributed by atoms with Crippen molar-refractivity contribution in [2.45, 2.75) is 0 Å². The molecule has 0 radical (unpaired) electrons. The normalized spacial score (nSPS) is 11.6. The second-order valence-electron chi connectivity index (χ2n) is 13.8. The molecule has 6 nitrogen and oxygen atoms in total. The molecule has 4 heterocycles. The SMILES string of the molecule is c1ccc(-c2nc(-c3ccccc3-c3ccccc3-c3ccccc3-c3c[n+]4c(oc5ccccc54)c(-c4ccccc4)n3)nc3c2oc2ccccc23)cc1. The molecule has 11 aromatic rings. The van der Waals surface area contributed by atoms with Crippen molar-refractivity contribution in [3.8, 4) is 67.4 Å². The highest BCUT2D eigenvalue weighted by Crippen LogP contribution is 2.42. The van der Waals surface area contributed by atoms with E-state index in [1.807, 2.05) is 72.8 Å². The lowest BCUT2D eigenvalue weighted by atomic mass is 9.89. The van der Waals surface area contributed by atoms with Gasteiger partial charge < -0.3 is 8.83 Å². The van der Waals surface area contributed by atoms with Gasteiger partial charge in [0.2, 0.25) is 11.8 Å². The van der Waals surface area contributed by atoms with Crippen LogP contribution < -0.4 is 4.40 Å². The molecule has 262 valence electrons. The highest BCUT2D eigenvalue weighted by molar-refractivity contribution is 6.07. The molecule has 0 atom stereocenters. The summed E-state index contributed by atoms with van der Waals surface area (Å²) in [6.45, 7) is 0. The Balaban J connectivity index is 1.12. The lowest BCUT2D eigenvalue weighted by Crippen LogP contribution is -2.21. The zero-order valence-electron chi connectivity index (χ0n) is 30.0. The number of hydrogen-bond acceptors (Lipinski definition) is 5. The molecule has 11 rings (SSSR count). The van der Waals surface area contributed by atoms with E-state index in [1.54, 1.807) is 0 Å². The van der Waals surface area contributed by atoms with Gasteiger partial charge in [0, 0.05) is 33.7 Å². The first-order valence-electron chi connectivity index (χ1n) is 18.6. The zero-order chi connectivity index (χ0) is 37.0. The fraction of sp³-hybridized carbons (Fsp3) is 0. The molecular formula is C50H31N4O2+. The summed E-state index contributed by atoms with van der Waals surface area (Å²) in [6, 6.07) is 62.0. The number of furan rings is 1. The molecule has 0 amide bonds. The first-order chi connectivity index (χ1) is 27.8. The molecule has 0 aliphatic carbocycles. The van der Waals surface area contributed by atoms with E-state index in [4.69, 9.17) is 23.8 Å². The van der Waals surface area contributed by atoms with Gasteiger partial charge in [-0.2, -0.15) is 0 Å². The third kappa shape index (κ3) is 5.19. The van der Waals surface area contributed by atoms with Crippen molar-refractivity contribution in [3.05, 3.63) is 188 Å². The molecule has 0 fully saturated rings. The van der Waals surface area contributed by atoms with Gasteiger partial charge in [0.25, 0.3) is 5.52 Å². The van der Waals surface area contributed by atoms with Gasteiger partial charge in [-0.3, -0.25) is 0 Å². The van der Waals surface area contributed by atoms with Crippen LogP contribution in [0.5, 0.6) is 0 Å². The standard InChI is InChI=1S/C50H31N4O2/c1-3-17-32(18-4-1)45-48-47(40-27-13-15-29-43(40)55-48)53-49(52-45)39-26-12-10-24-37(39)35-22-8-7-21-34(35)36-23-9-11-25-38(36)41-31-54-42-28-14-16-30-44(42)56-50(54)46(51-41)33-19-5-2-6-20-33/h1-31H/q+1. The summed E-state index contributed by atoms with van der Waals surface area (Å²) >= 11 is 0. The van der Waals surface area contributed by atoms with Crippen LogP contribution in [0.25, 0.3) is 106 Å². The Morgan fingerprint density at radius 3 is 1.61 bits per heavy atom. The third-order valence-electron chi connectivity index (χ3n) is 10.4. The number of fused-ring (bicyclic) bond motifs is 6. The molecule has 4 aromatic heterocycles. The van der Waals surface area contributed by atoms with Crippen molar-refractivity contribution in [2.24, 2.45) is 0 Å². The van der Waals surface area contributed by atoms with Gasteiger partial charge in [-0.1, -0.05) is 158 Å². The fourth-order valence-electron chi connectivity index (χ4n) is 7.84. The number of nitrogens with zero attached hydrogens (tertiary/aromatic N) is 4. The molecule has 0 aliphatic rings. The summed E-state index contributed by atoms with van der Waals surface area (Å²) < 4.78 is 15.0. The van der Waals surface area contributed by atoms with Crippen LogP contribution in [0.4, 0.5) is 0 Å². The van der Waals surface area contributed by atoms with E-state index < -0.39 is 0 Å². The minimum absolute atomic E-state index is 0.629. The number of para-hydroxylation sites is 3. The van der Waals surface area contributed by atoms with Crippen LogP contribution in [-0.4, -0.2) is 15.0 Å². The molecular weight excluding hydrogens is 689 g/mol. The lowest BCUT2D eigenvalue weighted by Gasteiger charge is -2.16. The molecule has 0 saturated heterocycles. The van der Waals surface area contributed by atoms with E-state index in [2.05, 4.69) is 120 Å². The Morgan fingerprint density at radius 2 is 0.911 bits per heavy atom. The second-order valence-corrected chi connectivity index (χ2v) is 13.8. The maximum atomic E-state index is 6.44. The number of benzene rings is 7. The summed E-state index contributed by atoms with van der Waals surface area (Å²) in [5, 5.41) is 0.956. The average Bonchev–Trinajstić information content (AvgIpc) is 3.85. The maximum absolute atomic E-state index is 6.44. The molecule has 56 heavy (non-hydrogen) atoms. The largest absolute Gasteiger partial charge is 0.452 e. The van der Waals surface area contributed by atoms with Crippen molar-refractivity contribution in [1.29, 1.82) is 0 Å². The summed E-state index contributed by atoms with van der Waals surface area (Å²) in [4.78, 5) is 15.8. The molecule has 0 spiro atoms. The first kappa shape index (κ1) is 31.8. The molecule has 0 N–H and O–H groups in total. The molecule has 7 aromatic carbocycles. The predicted octanol–water partition coefficient (Wildman–Crippen LogP) is 12.3. The van der Waals surface area contributed by atoms with Gasteiger partial charge in [0.05, 0.1) is 0 Å². The van der Waals surface area contributed by atoms with Crippen molar-refractivity contribution in [1.82, 2.24) is 15.0 Å². The molecule has 6 heteroatoms. The zero-order valence-corrected chi connectivity index (χ0v) is 30.0. The van der Waals surface area contributed by atoms with Crippen molar-refractivity contribution in [3.63, 3.8) is 0 Å². The number of aromatic nitrogens is 4. The van der Waals surface area contributed by atoms with Gasteiger partial charge in [0.1, 0.15) is 22.5 Å². The summed E-state index contributed by atoms with van der Waals surface area (Å²) in [6.07, 6.45) is 2.09. The van der Waals surface area contributed by atoms with Gasteiger partial charge in [-0.25, -0.2) is 15.0 Å². The molecule has 0 bridgehead atoms. The number of hydrogen-bond donors (Lipinski definition) is 0. The van der Waals surface area contributed by atoms with Gasteiger partial charge in [-0.05, 0) is 40.5 Å². The van der Waals surface area contributed by atoms with E-state index in [9.17, 15) is 0 Å². The predicted molar refractivity (Wildman–Crippen MR) is 223 cm³/mol. The van der Waals surface area contributed by atoms with Crippen LogP contribution >= 0.6 is 0 Å². The van der Waals surface area contributed by atoms with E-state index >= 15 is 0 Å². The van der Waals surface area contributed by atoms with Crippen LogP contribution in [0.15, 0.2) is 197 Å². The fourth-order valence-corrected chi connectivity index (χ4v) is 7.84. The highest BCUT2D eigenvalue weighted by Gasteiger charge is 2.26. The molecule has 0 saturated carbocycles. The molecule has 0 unspecified atom stereocenters. The van der Waals surface area contributed by atoms with Crippen LogP contribution in [0.1, 0.15) is 0 Å². The van der Waals surface area contributed by atoms with E-state index in [0.717, 1.165) is 89.2 Å². The highest BCUT2D eigenvalue weighted by atomic mass is 16.3. The lowest BCUT2D eigenvalue weighted by molar-refractivity contribution is -0.484. The average molecular weight is 720 g/mol. The van der Waals surface area contributed by atoms with Crippen LogP contribution in [0, 0.1) is 0 Å². The maximum Gasteiger partial charge on any atom is 0.406 e. The van der Waals surface area contributed by atoms with Crippen LogP contribution in [0.3, 0.4) is 0 Å². The van der Waals surface area contributed by atoms with Gasteiger partial charge >= 0.3 is 5.71 Å². The van der Waals surface area contributed by atoms with E-state index in [0.29, 0.717) is 17.1 Å². The Hall–Kier alpha value is -7.70. The monoisotopic (exact) mass is 719 g/mol. The van der Waals surface area contributed by atoms with Gasteiger partial charge in [-0.15, -0.1) is 4.40 Å². The van der Waals surface area contributed by atoms with E-state index in [1.165, 1.54) is 0 Å². The summed E-state index contributed by atoms with van der Waals surface area (Å²) in [5.41, 5.74) is 15.2. The minimum Gasteiger partial charge on any atom is -0.452 e. The van der Waals surface area contributed by atoms with Crippen LogP contribution in [0.2, 0.25) is 0 Å². The summed E-state index contributed by atoms with van der Waals surface area (Å²) in [5.74, 6) is 0.629. The second kappa shape index (κ2) is 13.0. The van der Waals surface area contributed by atoms with Crippen molar-refractivity contribution < 1.29 is 13.2 Å². The minimum atomic E-state index is 0.629. The molecule has 0 aliphatic heterocycles. The van der Waals surface area contributed by atoms with Gasteiger partial charge in [0.15, 0.2) is 17.1 Å². The van der Waals surface area contributed by atoms with Crippen molar-refractivity contribution >= 4 is 38.9 Å². The van der Waals surface area contributed by atoms with Crippen molar-refractivity contribution in [2.75, 3.05) is 0 Å². The quantitative estimate of drug-likeness (QED) is 0.160. The Bertz CT molecular complexity index is 3040. The van der Waals surface area contributed by atoms with Crippen LogP contribution in [-0.2, 0) is 0 Å². The topological polar surface area (TPSA) is 69.1 Å². The Labute approximate surface area is 321 Å². The summed E-state index contributed by atoms with van der Waals surface area (Å²) in [7, 11) is 0. The first-order valence-corrected chi connectivity index (χ1v) is 18.6. The number of rotatable bonds is 6. The Kier molecular flexibility index (Phi) is 7.38. The Morgan fingerprint density at radius 1 is 0.393 bits per heavy atom. The number of oxazole rings is 1. The van der Waals surface area contributed by atoms with E-state index in [-0.39, 0.29) is 0 Å². The smallest absolute Gasteiger partial charge is 0.406 e. The third-order valence-corrected chi connectivity index (χ3v) is 10.4.